The van der Waals surface area contributed by atoms with Gasteiger partial charge in [-0.25, -0.2) is 4.98 Å². The zero-order valence-electron chi connectivity index (χ0n) is 19.7. The van der Waals surface area contributed by atoms with Crippen molar-refractivity contribution in [1.29, 1.82) is 0 Å². The lowest BCUT2D eigenvalue weighted by Gasteiger charge is -2.26. The van der Waals surface area contributed by atoms with E-state index in [4.69, 9.17) is 10.7 Å². The van der Waals surface area contributed by atoms with Gasteiger partial charge in [0.1, 0.15) is 5.69 Å². The minimum atomic E-state index is -0.121. The third-order valence-corrected chi connectivity index (χ3v) is 6.95. The van der Waals surface area contributed by atoms with Crippen LogP contribution in [0.1, 0.15) is 31.9 Å². The standard InChI is InChI=1S/C26H28N8/c1-17(33-11-10-26(2,27)16-33)20-7-9-24-30-31-25(34(24)15-20)22-8-6-18-4-5-19(12-23(18)29-22)21-13-28-32(3)14-21/h4-9,12-15,17H,10-11,16,27H2,1-3H3/t17-,26+/m1/s1. The molecule has 1 fully saturated rings. The molecule has 8 heteroatoms. The third-order valence-electron chi connectivity index (χ3n) is 6.95. The van der Waals surface area contributed by atoms with Crippen LogP contribution < -0.4 is 5.73 Å². The summed E-state index contributed by atoms with van der Waals surface area (Å²) in [6.45, 7) is 6.27. The first kappa shape index (κ1) is 20.9. The van der Waals surface area contributed by atoms with Gasteiger partial charge in [-0.15, -0.1) is 10.2 Å². The molecule has 172 valence electrons. The van der Waals surface area contributed by atoms with E-state index in [2.05, 4.69) is 70.6 Å². The normalized spacial score (nSPS) is 19.9. The van der Waals surface area contributed by atoms with E-state index >= 15 is 0 Å². The van der Waals surface area contributed by atoms with Crippen LogP contribution in [0.3, 0.4) is 0 Å². The highest BCUT2D eigenvalue weighted by Gasteiger charge is 2.32. The largest absolute Gasteiger partial charge is 0.324 e. The van der Waals surface area contributed by atoms with E-state index in [-0.39, 0.29) is 11.6 Å². The number of aromatic nitrogens is 6. The topological polar surface area (TPSA) is 90.2 Å². The highest BCUT2D eigenvalue weighted by molar-refractivity contribution is 5.85. The number of pyridine rings is 2. The van der Waals surface area contributed by atoms with Gasteiger partial charge in [0.25, 0.3) is 0 Å². The summed E-state index contributed by atoms with van der Waals surface area (Å²) in [6.07, 6.45) is 7.03. The van der Waals surface area contributed by atoms with Gasteiger partial charge in [0.15, 0.2) is 11.5 Å². The van der Waals surface area contributed by atoms with Gasteiger partial charge < -0.3 is 5.73 Å². The Morgan fingerprint density at radius 1 is 1.03 bits per heavy atom. The van der Waals surface area contributed by atoms with Crippen molar-refractivity contribution in [3.8, 4) is 22.6 Å². The Labute approximate surface area is 198 Å². The van der Waals surface area contributed by atoms with Crippen LogP contribution in [0.5, 0.6) is 0 Å². The summed E-state index contributed by atoms with van der Waals surface area (Å²) in [4.78, 5) is 7.40. The number of fused-ring (bicyclic) bond motifs is 2. The first-order chi connectivity index (χ1) is 16.4. The minimum absolute atomic E-state index is 0.121. The number of rotatable bonds is 4. The quantitative estimate of drug-likeness (QED) is 0.446. The highest BCUT2D eigenvalue weighted by Crippen LogP contribution is 2.30. The first-order valence-electron chi connectivity index (χ1n) is 11.6. The molecule has 5 heterocycles. The van der Waals surface area contributed by atoms with E-state index < -0.39 is 0 Å². The van der Waals surface area contributed by atoms with Gasteiger partial charge in [-0.2, -0.15) is 5.10 Å². The maximum atomic E-state index is 6.37. The Balaban J connectivity index is 1.38. The van der Waals surface area contributed by atoms with Crippen molar-refractivity contribution in [2.75, 3.05) is 13.1 Å². The predicted molar refractivity (Wildman–Crippen MR) is 133 cm³/mol. The van der Waals surface area contributed by atoms with Crippen molar-refractivity contribution < 1.29 is 0 Å². The molecule has 0 amide bonds. The maximum absolute atomic E-state index is 6.37. The third kappa shape index (κ3) is 3.65. The Bertz CT molecular complexity index is 1510. The number of likely N-dealkylation sites (tertiary alicyclic amines) is 1. The van der Waals surface area contributed by atoms with E-state index in [9.17, 15) is 0 Å². The highest BCUT2D eigenvalue weighted by atomic mass is 15.3. The lowest BCUT2D eigenvalue weighted by molar-refractivity contribution is 0.248. The Kier molecular flexibility index (Phi) is 4.75. The average Bonchev–Trinajstić information content (AvgIpc) is 3.55. The fourth-order valence-electron chi connectivity index (χ4n) is 4.88. The summed E-state index contributed by atoms with van der Waals surface area (Å²) >= 11 is 0. The van der Waals surface area contributed by atoms with Crippen LogP contribution in [0.15, 0.2) is 61.1 Å². The van der Waals surface area contributed by atoms with E-state index in [1.54, 1.807) is 4.68 Å². The zero-order valence-corrected chi connectivity index (χ0v) is 19.7. The van der Waals surface area contributed by atoms with Crippen LogP contribution in [0.2, 0.25) is 0 Å². The second kappa shape index (κ2) is 7.72. The Morgan fingerprint density at radius 3 is 2.65 bits per heavy atom. The zero-order chi connectivity index (χ0) is 23.4. The van der Waals surface area contributed by atoms with Gasteiger partial charge in [-0.1, -0.05) is 24.3 Å². The number of nitrogens with zero attached hydrogens (tertiary/aromatic N) is 7. The number of aryl methyl sites for hydroxylation is 1. The Hall–Kier alpha value is -3.62. The van der Waals surface area contributed by atoms with E-state index in [1.807, 2.05) is 36.0 Å². The lowest BCUT2D eigenvalue weighted by Crippen LogP contribution is -2.39. The molecule has 1 aromatic carbocycles. The first-order valence-corrected chi connectivity index (χ1v) is 11.6. The molecular formula is C26H28N8. The molecule has 0 unspecified atom stereocenters. The molecule has 2 N–H and O–H groups in total. The molecular weight excluding hydrogens is 424 g/mol. The van der Waals surface area contributed by atoms with Gasteiger partial charge in [-0.05, 0) is 49.6 Å². The van der Waals surface area contributed by atoms with Crippen LogP contribution in [-0.4, -0.2) is 52.9 Å². The Morgan fingerprint density at radius 2 is 1.88 bits per heavy atom. The molecule has 1 aliphatic rings. The monoisotopic (exact) mass is 452 g/mol. The van der Waals surface area contributed by atoms with Gasteiger partial charge in [-0.3, -0.25) is 14.0 Å². The minimum Gasteiger partial charge on any atom is -0.324 e. The number of hydrogen-bond donors (Lipinski definition) is 1. The van der Waals surface area contributed by atoms with Gasteiger partial charge in [0.2, 0.25) is 0 Å². The summed E-state index contributed by atoms with van der Waals surface area (Å²) < 4.78 is 3.85. The molecule has 8 nitrogen and oxygen atoms in total. The van der Waals surface area contributed by atoms with Crippen molar-refractivity contribution in [3.05, 3.63) is 66.6 Å². The molecule has 4 aromatic heterocycles. The summed E-state index contributed by atoms with van der Waals surface area (Å²) in [7, 11) is 1.92. The second-order valence-electron chi connectivity index (χ2n) is 9.77. The van der Waals surface area contributed by atoms with Crippen molar-refractivity contribution in [2.24, 2.45) is 12.8 Å². The van der Waals surface area contributed by atoms with Crippen LogP contribution in [0.4, 0.5) is 0 Å². The molecule has 1 saturated heterocycles. The smallest absolute Gasteiger partial charge is 0.187 e. The summed E-state index contributed by atoms with van der Waals surface area (Å²) in [5.74, 6) is 0.739. The van der Waals surface area contributed by atoms with Crippen molar-refractivity contribution in [3.63, 3.8) is 0 Å². The van der Waals surface area contributed by atoms with E-state index in [0.717, 1.165) is 58.7 Å². The summed E-state index contributed by atoms with van der Waals surface area (Å²) in [5.41, 5.74) is 12.1. The summed E-state index contributed by atoms with van der Waals surface area (Å²) in [5, 5.41) is 14.2. The average molecular weight is 453 g/mol. The van der Waals surface area contributed by atoms with Gasteiger partial charge in [0, 0.05) is 55.1 Å². The van der Waals surface area contributed by atoms with Crippen LogP contribution >= 0.6 is 0 Å². The fourth-order valence-corrected chi connectivity index (χ4v) is 4.88. The van der Waals surface area contributed by atoms with E-state index in [1.165, 1.54) is 5.56 Å². The molecule has 6 rings (SSSR count). The van der Waals surface area contributed by atoms with Crippen molar-refractivity contribution in [2.45, 2.75) is 31.8 Å². The molecule has 0 bridgehead atoms. The van der Waals surface area contributed by atoms with Crippen LogP contribution in [0, 0.1) is 0 Å². The number of benzene rings is 1. The molecule has 0 aliphatic carbocycles. The molecule has 34 heavy (non-hydrogen) atoms. The van der Waals surface area contributed by atoms with Gasteiger partial charge in [0.05, 0.1) is 11.7 Å². The van der Waals surface area contributed by atoms with Gasteiger partial charge >= 0.3 is 0 Å². The molecule has 0 radical (unpaired) electrons. The maximum Gasteiger partial charge on any atom is 0.187 e. The number of nitrogens with two attached hydrogens (primary N) is 1. The molecule has 2 atom stereocenters. The SMILES string of the molecule is C[C@H](c1ccc2nnc(-c3ccc4ccc(-c5cnn(C)c5)cc4n3)n2c1)N1CC[C@](C)(N)C1. The predicted octanol–water partition coefficient (Wildman–Crippen LogP) is 3.83. The molecule has 1 aliphatic heterocycles. The molecule has 5 aromatic rings. The van der Waals surface area contributed by atoms with Crippen molar-refractivity contribution >= 4 is 16.6 Å². The second-order valence-corrected chi connectivity index (χ2v) is 9.77. The molecule has 0 spiro atoms. The van der Waals surface area contributed by atoms with Crippen LogP contribution in [0.25, 0.3) is 39.2 Å². The molecule has 0 saturated carbocycles. The number of hydrogen-bond acceptors (Lipinski definition) is 6. The van der Waals surface area contributed by atoms with Crippen molar-refractivity contribution in [1.82, 2.24) is 34.3 Å². The summed E-state index contributed by atoms with van der Waals surface area (Å²) in [6, 6.07) is 14.8. The van der Waals surface area contributed by atoms with E-state index in [0.29, 0.717) is 0 Å². The lowest BCUT2D eigenvalue weighted by atomic mass is 10.0. The fraction of sp³-hybridized carbons (Fsp3) is 0.308. The van der Waals surface area contributed by atoms with Crippen LogP contribution in [-0.2, 0) is 7.05 Å².